The van der Waals surface area contributed by atoms with E-state index in [0.29, 0.717) is 23.7 Å². The van der Waals surface area contributed by atoms with E-state index in [1.54, 1.807) is 30.5 Å². The number of nitrogens with zero attached hydrogens (tertiary/aromatic N) is 4. The number of rotatable bonds is 5. The second kappa shape index (κ2) is 7.66. The number of carbonyl (C=O) groups excluding carboxylic acids is 1. The van der Waals surface area contributed by atoms with Gasteiger partial charge >= 0.3 is 0 Å². The predicted octanol–water partition coefficient (Wildman–Crippen LogP) is 2.61. The molecule has 0 spiro atoms. The highest BCUT2D eigenvalue weighted by Crippen LogP contribution is 2.11. The maximum absolute atomic E-state index is 12.3. The molecule has 0 saturated heterocycles. The van der Waals surface area contributed by atoms with Gasteiger partial charge in [-0.05, 0) is 36.4 Å². The van der Waals surface area contributed by atoms with Crippen LogP contribution in [0.5, 0.6) is 0 Å². The van der Waals surface area contributed by atoms with E-state index in [1.165, 1.54) is 12.3 Å². The van der Waals surface area contributed by atoms with E-state index in [2.05, 4.69) is 25.6 Å². The topological polar surface area (TPSA) is 104 Å². The number of carbonyl (C=O) groups is 1. The maximum Gasteiger partial charge on any atom is 0.274 e. The van der Waals surface area contributed by atoms with Crippen molar-refractivity contribution in [1.29, 1.82) is 5.26 Å². The average Bonchev–Trinajstić information content (AvgIpc) is 2.67. The summed E-state index contributed by atoms with van der Waals surface area (Å²) in [5.41, 5.74) is 2.07. The minimum absolute atomic E-state index is 0.223. The highest BCUT2D eigenvalue weighted by molar-refractivity contribution is 6.03. The number of nitrogens with one attached hydrogen (secondary N) is 2. The molecule has 2 heterocycles. The van der Waals surface area contributed by atoms with Crippen LogP contribution in [0.4, 0.5) is 11.6 Å². The van der Waals surface area contributed by atoms with Gasteiger partial charge in [0.1, 0.15) is 5.69 Å². The third-order valence-corrected chi connectivity index (χ3v) is 3.29. The molecule has 0 aliphatic carbocycles. The predicted molar refractivity (Wildman–Crippen MR) is 92.7 cm³/mol. The summed E-state index contributed by atoms with van der Waals surface area (Å²) >= 11 is 0. The van der Waals surface area contributed by atoms with Crippen molar-refractivity contribution in [2.24, 2.45) is 0 Å². The average molecular weight is 330 g/mol. The molecule has 1 amide bonds. The van der Waals surface area contributed by atoms with E-state index in [9.17, 15) is 4.79 Å². The molecule has 7 heteroatoms. The van der Waals surface area contributed by atoms with E-state index < -0.39 is 0 Å². The van der Waals surface area contributed by atoms with Crippen LogP contribution in [0.25, 0.3) is 0 Å². The van der Waals surface area contributed by atoms with E-state index in [1.807, 2.05) is 24.3 Å². The van der Waals surface area contributed by atoms with Crippen molar-refractivity contribution in [1.82, 2.24) is 15.0 Å². The van der Waals surface area contributed by atoms with Gasteiger partial charge in [-0.2, -0.15) is 5.26 Å². The Balaban J connectivity index is 1.68. The molecular weight excluding hydrogens is 316 g/mol. The first kappa shape index (κ1) is 16.1. The fourth-order valence-corrected chi connectivity index (χ4v) is 2.10. The Morgan fingerprint density at radius 1 is 1.08 bits per heavy atom. The number of pyridine rings is 1. The monoisotopic (exact) mass is 330 g/mol. The molecule has 25 heavy (non-hydrogen) atoms. The van der Waals surface area contributed by atoms with E-state index >= 15 is 0 Å². The number of nitriles is 1. The van der Waals surface area contributed by atoms with Crippen LogP contribution >= 0.6 is 0 Å². The van der Waals surface area contributed by atoms with Crippen molar-refractivity contribution >= 4 is 17.5 Å². The third-order valence-electron chi connectivity index (χ3n) is 3.29. The number of benzene rings is 1. The second-order valence-electron chi connectivity index (χ2n) is 5.09. The molecule has 122 valence electrons. The van der Waals surface area contributed by atoms with Gasteiger partial charge in [0.15, 0.2) is 0 Å². The first-order valence-corrected chi connectivity index (χ1v) is 7.53. The van der Waals surface area contributed by atoms with Gasteiger partial charge in [-0.25, -0.2) is 9.97 Å². The van der Waals surface area contributed by atoms with Crippen LogP contribution in [0.15, 0.2) is 60.9 Å². The zero-order chi connectivity index (χ0) is 17.5. The van der Waals surface area contributed by atoms with Gasteiger partial charge in [0.2, 0.25) is 5.95 Å². The van der Waals surface area contributed by atoms with Crippen LogP contribution in [0.1, 0.15) is 21.7 Å². The van der Waals surface area contributed by atoms with Crippen LogP contribution in [0.3, 0.4) is 0 Å². The lowest BCUT2D eigenvalue weighted by atomic mass is 10.2. The number of hydrogen-bond acceptors (Lipinski definition) is 6. The smallest absolute Gasteiger partial charge is 0.274 e. The minimum Gasteiger partial charge on any atom is -0.349 e. The van der Waals surface area contributed by atoms with Crippen molar-refractivity contribution < 1.29 is 4.79 Å². The summed E-state index contributed by atoms with van der Waals surface area (Å²) in [7, 11) is 0. The summed E-state index contributed by atoms with van der Waals surface area (Å²) in [6.07, 6.45) is 3.21. The van der Waals surface area contributed by atoms with Crippen molar-refractivity contribution in [2.75, 3.05) is 10.6 Å². The highest BCUT2D eigenvalue weighted by atomic mass is 16.1. The van der Waals surface area contributed by atoms with Gasteiger partial charge in [-0.3, -0.25) is 9.78 Å². The van der Waals surface area contributed by atoms with E-state index in [-0.39, 0.29) is 11.6 Å². The molecule has 0 saturated carbocycles. The Bertz CT molecular complexity index is 920. The standard InChI is InChI=1S/C18H14N6O/c19-11-13-4-3-6-14(10-13)23-17(25)16-7-9-21-18(24-16)22-12-15-5-1-2-8-20-15/h1-10H,12H2,(H,23,25)(H,21,22,24). The van der Waals surface area contributed by atoms with E-state index in [4.69, 9.17) is 5.26 Å². The SMILES string of the molecule is N#Cc1cccc(NC(=O)c2ccnc(NCc3ccccn3)n2)c1. The lowest BCUT2D eigenvalue weighted by Crippen LogP contribution is -2.15. The summed E-state index contributed by atoms with van der Waals surface area (Å²) < 4.78 is 0. The number of aromatic nitrogens is 3. The summed E-state index contributed by atoms with van der Waals surface area (Å²) in [6.45, 7) is 0.454. The van der Waals surface area contributed by atoms with Crippen molar-refractivity contribution in [3.63, 3.8) is 0 Å². The Labute approximate surface area is 144 Å². The van der Waals surface area contributed by atoms with E-state index in [0.717, 1.165) is 5.69 Å². The molecule has 1 aromatic carbocycles. The lowest BCUT2D eigenvalue weighted by Gasteiger charge is -2.07. The normalized spacial score (nSPS) is 9.88. The quantitative estimate of drug-likeness (QED) is 0.745. The molecule has 3 rings (SSSR count). The molecule has 0 aliphatic heterocycles. The van der Waals surface area contributed by atoms with Gasteiger partial charge in [-0.1, -0.05) is 12.1 Å². The Morgan fingerprint density at radius 2 is 2.00 bits per heavy atom. The van der Waals surface area contributed by atoms with Gasteiger partial charge in [-0.15, -0.1) is 0 Å². The molecule has 2 N–H and O–H groups in total. The summed E-state index contributed by atoms with van der Waals surface area (Å²) in [4.78, 5) is 24.8. The molecule has 0 bridgehead atoms. The first-order chi connectivity index (χ1) is 12.2. The van der Waals surface area contributed by atoms with Gasteiger partial charge in [0.25, 0.3) is 5.91 Å². The summed E-state index contributed by atoms with van der Waals surface area (Å²) in [5, 5.41) is 14.6. The summed E-state index contributed by atoms with van der Waals surface area (Å²) in [6, 6.07) is 15.8. The largest absolute Gasteiger partial charge is 0.349 e. The second-order valence-corrected chi connectivity index (χ2v) is 5.09. The van der Waals surface area contributed by atoms with Gasteiger partial charge in [0, 0.05) is 18.1 Å². The van der Waals surface area contributed by atoms with Crippen LogP contribution in [-0.4, -0.2) is 20.9 Å². The Kier molecular flexibility index (Phi) is 4.93. The molecule has 2 aromatic heterocycles. The number of anilines is 2. The van der Waals surface area contributed by atoms with Crippen LogP contribution < -0.4 is 10.6 Å². The lowest BCUT2D eigenvalue weighted by molar-refractivity contribution is 0.102. The molecule has 7 nitrogen and oxygen atoms in total. The van der Waals surface area contributed by atoms with Crippen molar-refractivity contribution in [2.45, 2.75) is 6.54 Å². The highest BCUT2D eigenvalue weighted by Gasteiger charge is 2.09. The Hall–Kier alpha value is -3.79. The minimum atomic E-state index is -0.377. The van der Waals surface area contributed by atoms with Gasteiger partial charge in [0.05, 0.1) is 23.9 Å². The summed E-state index contributed by atoms with van der Waals surface area (Å²) in [5.74, 6) is -0.0394. The molecule has 0 unspecified atom stereocenters. The molecular formula is C18H14N6O. The first-order valence-electron chi connectivity index (χ1n) is 7.53. The number of amides is 1. The van der Waals surface area contributed by atoms with Crippen LogP contribution in [0, 0.1) is 11.3 Å². The van der Waals surface area contributed by atoms with Crippen LogP contribution in [0.2, 0.25) is 0 Å². The molecule has 0 fully saturated rings. The molecule has 0 aliphatic rings. The molecule has 0 radical (unpaired) electrons. The van der Waals surface area contributed by atoms with Crippen molar-refractivity contribution in [3.05, 3.63) is 77.9 Å². The fraction of sp³-hybridized carbons (Fsp3) is 0.0556. The maximum atomic E-state index is 12.3. The Morgan fingerprint density at radius 3 is 2.80 bits per heavy atom. The number of hydrogen-bond donors (Lipinski definition) is 2. The molecule has 3 aromatic rings. The van der Waals surface area contributed by atoms with Crippen LogP contribution in [-0.2, 0) is 6.54 Å². The zero-order valence-corrected chi connectivity index (χ0v) is 13.2. The molecule has 0 atom stereocenters. The van der Waals surface area contributed by atoms with Crippen molar-refractivity contribution in [3.8, 4) is 6.07 Å². The zero-order valence-electron chi connectivity index (χ0n) is 13.2. The third kappa shape index (κ3) is 4.36. The fourth-order valence-electron chi connectivity index (χ4n) is 2.10. The van der Waals surface area contributed by atoms with Gasteiger partial charge < -0.3 is 10.6 Å².